The fourth-order valence-corrected chi connectivity index (χ4v) is 1.62. The highest BCUT2D eigenvalue weighted by Crippen LogP contribution is 2.01. The lowest BCUT2D eigenvalue weighted by atomic mass is 10.4. The van der Waals surface area contributed by atoms with Crippen LogP contribution < -0.4 is 10.0 Å². The number of nitrogens with one attached hydrogen (secondary N) is 2. The van der Waals surface area contributed by atoms with E-state index in [1.807, 2.05) is 0 Å². The Kier molecular flexibility index (Phi) is 4.98. The number of hydrogen-bond acceptors (Lipinski definition) is 6. The molecule has 0 fully saturated rings. The van der Waals surface area contributed by atoms with Crippen molar-refractivity contribution in [3.8, 4) is 0 Å². The summed E-state index contributed by atoms with van der Waals surface area (Å²) in [7, 11) is -3.16. The summed E-state index contributed by atoms with van der Waals surface area (Å²) in [5, 5.41) is 18.7. The average Bonchev–Trinajstić information content (AvgIpc) is 2.27. The van der Waals surface area contributed by atoms with Crippen molar-refractivity contribution in [2.75, 3.05) is 24.7 Å². The smallest absolute Gasteiger partial charge is 0.356 e. The van der Waals surface area contributed by atoms with Gasteiger partial charge in [-0.15, -0.1) is 10.2 Å². The fourth-order valence-electron chi connectivity index (χ4n) is 1.10. The summed E-state index contributed by atoms with van der Waals surface area (Å²) < 4.78 is 23.9. The van der Waals surface area contributed by atoms with Crippen LogP contribution in [0.3, 0.4) is 0 Å². The second-order valence-electron chi connectivity index (χ2n) is 3.56. The van der Waals surface area contributed by atoms with E-state index in [-0.39, 0.29) is 5.69 Å². The molecule has 0 aromatic carbocycles. The predicted molar refractivity (Wildman–Crippen MR) is 64.9 cm³/mol. The monoisotopic (exact) mass is 274 g/mol. The molecule has 0 radical (unpaired) electrons. The van der Waals surface area contributed by atoms with Crippen molar-refractivity contribution in [2.24, 2.45) is 0 Å². The molecule has 0 aliphatic rings. The Morgan fingerprint density at radius 3 is 2.56 bits per heavy atom. The Labute approximate surface area is 104 Å². The highest BCUT2D eigenvalue weighted by molar-refractivity contribution is 7.88. The van der Waals surface area contributed by atoms with Crippen LogP contribution in [0.4, 0.5) is 5.82 Å². The maximum absolute atomic E-state index is 10.8. The Bertz CT molecular complexity index is 500. The molecule has 9 heteroatoms. The van der Waals surface area contributed by atoms with Gasteiger partial charge in [0.05, 0.1) is 6.26 Å². The minimum atomic E-state index is -3.16. The molecule has 3 N–H and O–H groups in total. The lowest BCUT2D eigenvalue weighted by Crippen LogP contribution is -2.24. The number of nitrogens with zero attached hydrogens (tertiary/aromatic N) is 2. The Balaban J connectivity index is 2.29. The Morgan fingerprint density at radius 1 is 1.33 bits per heavy atom. The van der Waals surface area contributed by atoms with E-state index in [9.17, 15) is 13.2 Å². The van der Waals surface area contributed by atoms with Crippen LogP contribution in [0.15, 0.2) is 12.1 Å². The normalized spacial score (nSPS) is 11.2. The lowest BCUT2D eigenvalue weighted by Gasteiger charge is -2.05. The van der Waals surface area contributed by atoms with E-state index in [1.54, 1.807) is 0 Å². The summed E-state index contributed by atoms with van der Waals surface area (Å²) in [6.07, 6.45) is 1.67. The van der Waals surface area contributed by atoms with Crippen LogP contribution in [0.1, 0.15) is 16.9 Å². The molecule has 1 heterocycles. The first-order chi connectivity index (χ1) is 8.38. The molecule has 0 saturated carbocycles. The van der Waals surface area contributed by atoms with Crippen molar-refractivity contribution in [3.63, 3.8) is 0 Å². The van der Waals surface area contributed by atoms with Crippen molar-refractivity contribution >= 4 is 21.8 Å². The van der Waals surface area contributed by atoms with Crippen molar-refractivity contribution in [1.29, 1.82) is 0 Å². The molecule has 0 amide bonds. The number of sulfonamides is 1. The number of carboxylic acids is 1. The number of hydrogen-bond donors (Lipinski definition) is 3. The van der Waals surface area contributed by atoms with Crippen LogP contribution >= 0.6 is 0 Å². The highest BCUT2D eigenvalue weighted by Gasteiger charge is 2.04. The number of carbonyl (C=O) groups is 1. The number of aromatic carboxylic acids is 1. The molecule has 0 atom stereocenters. The predicted octanol–water partition coefficient (Wildman–Crippen LogP) is -0.474. The SMILES string of the molecule is CS(=O)(=O)NCCCNc1ccc(C(=O)O)nn1. The zero-order chi connectivity index (χ0) is 13.6. The van der Waals surface area contributed by atoms with Crippen molar-refractivity contribution in [3.05, 3.63) is 17.8 Å². The van der Waals surface area contributed by atoms with Crippen molar-refractivity contribution in [2.45, 2.75) is 6.42 Å². The standard InChI is InChI=1S/C9H14N4O4S/c1-18(16,17)11-6-2-5-10-8-4-3-7(9(14)15)12-13-8/h3-4,11H,2,5-6H2,1H3,(H,10,13)(H,14,15). The quantitative estimate of drug-likeness (QED) is 0.574. The second-order valence-corrected chi connectivity index (χ2v) is 5.39. The van der Waals surface area contributed by atoms with E-state index in [0.29, 0.717) is 25.3 Å². The minimum Gasteiger partial charge on any atom is -0.476 e. The third-order valence-electron chi connectivity index (χ3n) is 1.91. The molecule has 100 valence electrons. The number of aromatic nitrogens is 2. The van der Waals surface area contributed by atoms with Gasteiger partial charge in [-0.25, -0.2) is 17.9 Å². The van der Waals surface area contributed by atoms with Crippen LogP contribution in [-0.2, 0) is 10.0 Å². The van der Waals surface area contributed by atoms with Crippen LogP contribution in [-0.4, -0.2) is 49.0 Å². The molecule has 0 aliphatic heterocycles. The van der Waals surface area contributed by atoms with E-state index in [0.717, 1.165) is 6.26 Å². The topological polar surface area (TPSA) is 121 Å². The van der Waals surface area contributed by atoms with Crippen LogP contribution in [0.2, 0.25) is 0 Å². The maximum Gasteiger partial charge on any atom is 0.356 e. The second kappa shape index (κ2) is 6.26. The summed E-state index contributed by atoms with van der Waals surface area (Å²) >= 11 is 0. The molecule has 0 saturated heterocycles. The van der Waals surface area contributed by atoms with E-state index in [1.165, 1.54) is 12.1 Å². The van der Waals surface area contributed by atoms with Gasteiger partial charge in [-0.05, 0) is 18.6 Å². The summed E-state index contributed by atoms with van der Waals surface area (Å²) in [5.74, 6) is -0.689. The molecular weight excluding hydrogens is 260 g/mol. The molecular formula is C9H14N4O4S. The van der Waals surface area contributed by atoms with Crippen molar-refractivity contribution in [1.82, 2.24) is 14.9 Å². The van der Waals surface area contributed by atoms with Gasteiger partial charge in [0.2, 0.25) is 10.0 Å². The van der Waals surface area contributed by atoms with Gasteiger partial charge in [0.15, 0.2) is 5.69 Å². The van der Waals surface area contributed by atoms with E-state index in [4.69, 9.17) is 5.11 Å². The Morgan fingerprint density at radius 2 is 2.06 bits per heavy atom. The molecule has 0 bridgehead atoms. The fraction of sp³-hybridized carbons (Fsp3) is 0.444. The first-order valence-corrected chi connectivity index (χ1v) is 7.03. The van der Waals surface area contributed by atoms with Gasteiger partial charge in [0.25, 0.3) is 0 Å². The highest BCUT2D eigenvalue weighted by atomic mass is 32.2. The molecule has 0 unspecified atom stereocenters. The summed E-state index contributed by atoms with van der Waals surface area (Å²) in [4.78, 5) is 10.5. The molecule has 1 rings (SSSR count). The third kappa shape index (κ3) is 5.55. The zero-order valence-corrected chi connectivity index (χ0v) is 10.6. The van der Waals surface area contributed by atoms with E-state index in [2.05, 4.69) is 20.2 Å². The first kappa shape index (κ1) is 14.3. The average molecular weight is 274 g/mol. The molecule has 0 aliphatic carbocycles. The molecule has 1 aromatic heterocycles. The van der Waals surface area contributed by atoms with Crippen LogP contribution in [0.5, 0.6) is 0 Å². The first-order valence-electron chi connectivity index (χ1n) is 5.14. The van der Waals surface area contributed by atoms with Gasteiger partial charge < -0.3 is 10.4 Å². The van der Waals surface area contributed by atoms with E-state index >= 15 is 0 Å². The minimum absolute atomic E-state index is 0.126. The molecule has 0 spiro atoms. The number of anilines is 1. The third-order valence-corrected chi connectivity index (χ3v) is 2.64. The maximum atomic E-state index is 10.8. The summed E-state index contributed by atoms with van der Waals surface area (Å²) in [5.41, 5.74) is -0.126. The summed E-state index contributed by atoms with van der Waals surface area (Å²) in [6, 6.07) is 2.84. The zero-order valence-electron chi connectivity index (χ0n) is 9.75. The molecule has 1 aromatic rings. The Hall–Kier alpha value is -1.74. The van der Waals surface area contributed by atoms with Crippen LogP contribution in [0.25, 0.3) is 0 Å². The van der Waals surface area contributed by atoms with Crippen molar-refractivity contribution < 1.29 is 18.3 Å². The van der Waals surface area contributed by atoms with Gasteiger partial charge in [0.1, 0.15) is 5.82 Å². The van der Waals surface area contributed by atoms with E-state index < -0.39 is 16.0 Å². The number of rotatable bonds is 7. The molecule has 8 nitrogen and oxygen atoms in total. The largest absolute Gasteiger partial charge is 0.476 e. The molecule has 18 heavy (non-hydrogen) atoms. The van der Waals surface area contributed by atoms with Crippen LogP contribution in [0, 0.1) is 0 Å². The number of carboxylic acid groups (broad SMARTS) is 1. The lowest BCUT2D eigenvalue weighted by molar-refractivity contribution is 0.0689. The van der Waals surface area contributed by atoms with Gasteiger partial charge in [-0.1, -0.05) is 0 Å². The van der Waals surface area contributed by atoms with Gasteiger partial charge in [0, 0.05) is 13.1 Å². The van der Waals surface area contributed by atoms with Gasteiger partial charge >= 0.3 is 5.97 Å². The summed E-state index contributed by atoms with van der Waals surface area (Å²) in [6.45, 7) is 0.829. The van der Waals surface area contributed by atoms with Gasteiger partial charge in [-0.3, -0.25) is 0 Å². The van der Waals surface area contributed by atoms with Gasteiger partial charge in [-0.2, -0.15) is 0 Å².